The van der Waals surface area contributed by atoms with Crippen molar-refractivity contribution in [1.29, 1.82) is 0 Å². The van der Waals surface area contributed by atoms with Gasteiger partial charge in [-0.15, -0.1) is 0 Å². The third kappa shape index (κ3) is 14.8. The Morgan fingerprint density at radius 2 is 0.733 bits per heavy atom. The number of rotatable bonds is 26. The number of H-pyrrole nitrogens is 1. The molecule has 0 aliphatic carbocycles. The first-order chi connectivity index (χ1) is 48.2. The number of aromatic nitrogens is 18. The monoisotopic (exact) mass is 1560 g/mol. The van der Waals surface area contributed by atoms with Crippen molar-refractivity contribution in [3.63, 3.8) is 0 Å². The van der Waals surface area contributed by atoms with E-state index in [4.69, 9.17) is 82.8 Å². The number of imidazole rings is 4. The summed E-state index contributed by atoms with van der Waals surface area (Å²) in [6.45, 7) is -4.28. The lowest BCUT2D eigenvalue weighted by Crippen LogP contribution is -2.33. The van der Waals surface area contributed by atoms with E-state index in [0.29, 0.717) is 5.65 Å². The molecule has 14 heterocycles. The molecule has 0 radical (unpaired) electrons. The van der Waals surface area contributed by atoms with Crippen molar-refractivity contribution in [3.05, 3.63) is 82.1 Å². The second kappa shape index (κ2) is 28.1. The second-order valence-corrected chi connectivity index (χ2v) is 29.7. The molecule has 0 bridgehead atoms. The molecule has 14 rings (SSSR count). The van der Waals surface area contributed by atoms with Crippen LogP contribution in [0.2, 0.25) is 0 Å². The zero-order valence-electron chi connectivity index (χ0n) is 51.4. The normalized spacial score (nSPS) is 29.5. The molecule has 542 valence electrons. The summed E-state index contributed by atoms with van der Waals surface area (Å²) in [5, 5.41) is 21.2. The first kappa shape index (κ1) is 70.7. The van der Waals surface area contributed by atoms with Gasteiger partial charge in [-0.05, 0) is 15.9 Å². The Balaban J connectivity index is 0.662. The highest BCUT2D eigenvalue weighted by atomic mass is 79.9. The summed E-state index contributed by atoms with van der Waals surface area (Å²) in [5.41, 5.74) is 23.7. The lowest BCUT2D eigenvalue weighted by Gasteiger charge is -2.25. The van der Waals surface area contributed by atoms with E-state index in [0.717, 1.165) is 23.4 Å². The number of nitrogens with two attached hydrogens (primary N) is 4. The molecule has 9 aromatic rings. The predicted molar refractivity (Wildman–Crippen MR) is 336 cm³/mol. The first-order valence-corrected chi connectivity index (χ1v) is 36.9. The molecule has 0 aromatic carbocycles. The van der Waals surface area contributed by atoms with Crippen molar-refractivity contribution in [1.82, 2.24) is 87.6 Å². The quantitative estimate of drug-likeness (QED) is 0.0312. The average Bonchev–Trinajstić information content (AvgIpc) is 1.65. The number of halogens is 1. The SMILES string of the molecule is Nc1ncnc2c1ncn2[C@H]1C[C@H](OP(=O)(O)OC[C@H]2O[C@@H](n3cnc4c(N)ncnc43)C[C@@H]2OP(=O)(O)OC[C@H]2O[C@@H](n3cc(Br)c(=O)[nH]c3=O)C[C@@H]2OP(=O)(O)OC[C@H]2O[C@@H](n3cnc4c(N)ncnc43)C[C@@H]2OP(=O)(O)OC[C@H]2O[C@@H](n3cnc4c(N)ncnc43)C[C@@H]2O)[C@@H](CO)O1. The zero-order valence-corrected chi connectivity index (χ0v) is 56.6. The van der Waals surface area contributed by atoms with Gasteiger partial charge in [0.05, 0.1) is 68.9 Å². The number of aliphatic hydroxyl groups is 2. The largest absolute Gasteiger partial charge is 0.472 e. The maximum Gasteiger partial charge on any atom is 0.472 e. The number of phosphoric ester groups is 4. The van der Waals surface area contributed by atoms with Crippen LogP contribution in [-0.2, 0) is 78.1 Å². The highest BCUT2D eigenvalue weighted by Crippen LogP contribution is 2.55. The molecule has 5 fully saturated rings. The number of nitrogens with zero attached hydrogens (tertiary/aromatic N) is 17. The van der Waals surface area contributed by atoms with E-state index < -0.39 is 174 Å². The maximum atomic E-state index is 14.3. The predicted octanol–water partition coefficient (Wildman–Crippen LogP) is -0.213. The molecule has 15 N–H and O–H groups in total. The van der Waals surface area contributed by atoms with E-state index in [1.165, 1.54) is 56.2 Å². The van der Waals surface area contributed by atoms with Crippen LogP contribution < -0.4 is 34.2 Å². The number of aliphatic hydroxyl groups excluding tert-OH is 2. The molecule has 5 saturated heterocycles. The molecule has 52 heteroatoms. The number of phosphoric acid groups is 4. The molecule has 5 aliphatic heterocycles. The zero-order chi connectivity index (χ0) is 71.0. The standard InChI is InChI=1S/C49H59BrN22O25P4/c50-20-6-68(49(76)67-48(20)75)32-3-23(95-100(81,82)88-11-30-24(4-34(93-30)71-18-65-38-42(53)57-14-61-46(38)71)96-98(77,78)85-8-27-21(74)1-31(90-27)69-16-63-36-40(51)55-12-59-44(36)69)28(91-32)9-87-101(83,84)97-25-5-35(72-19-66-39-43(54)58-15-62-47(39)72)92-29(25)10-86-99(79,80)94-22-2-33(89-26(22)7-73)70-17-64-37-41(52)56-13-60-45(37)70/h6,12-19,21-35,73-74H,1-5,7-11H2,(H,77,78)(H,79,80)(H,81,82)(H,83,84)(H2,51,55,59)(H2,52,56,60)(H2,53,57,61)(H2,54,58,62)(H,67,75,76)/t21-,22-,23-,24-,25-,26+,27+,28+,29+,30+,31+,32+,33+,34+,35+/m0/s1. The van der Waals surface area contributed by atoms with Gasteiger partial charge in [-0.1, -0.05) is 0 Å². The number of ether oxygens (including phenoxy) is 5. The summed E-state index contributed by atoms with van der Waals surface area (Å²) in [7, 11) is -21.3. The Morgan fingerprint density at radius 3 is 1.07 bits per heavy atom. The van der Waals surface area contributed by atoms with Crippen LogP contribution in [-0.4, -0.2) is 211 Å². The van der Waals surface area contributed by atoms with Gasteiger partial charge in [0.25, 0.3) is 5.56 Å². The van der Waals surface area contributed by atoms with Crippen LogP contribution in [0.5, 0.6) is 0 Å². The Labute approximate surface area is 570 Å². The number of nitrogen functional groups attached to an aromatic ring is 4. The van der Waals surface area contributed by atoms with Gasteiger partial charge in [-0.25, -0.2) is 82.9 Å². The molecule has 5 aliphatic rings. The molecule has 0 amide bonds. The summed E-state index contributed by atoms with van der Waals surface area (Å²) in [6, 6.07) is 0. The highest BCUT2D eigenvalue weighted by molar-refractivity contribution is 9.10. The van der Waals surface area contributed by atoms with Crippen molar-refractivity contribution in [2.24, 2.45) is 0 Å². The lowest BCUT2D eigenvalue weighted by atomic mass is 10.2. The average molecular weight is 1560 g/mol. The Kier molecular flexibility index (Phi) is 19.7. The summed E-state index contributed by atoms with van der Waals surface area (Å²) in [4.78, 5) is 123. The Morgan fingerprint density at radius 1 is 0.446 bits per heavy atom. The number of aromatic amines is 1. The van der Waals surface area contributed by atoms with E-state index in [9.17, 15) is 57.6 Å². The van der Waals surface area contributed by atoms with Crippen LogP contribution in [0, 0.1) is 0 Å². The number of hydrogen-bond donors (Lipinski definition) is 11. The number of nitrogens with one attached hydrogen (secondary N) is 1. The topological polar surface area (TPSA) is 643 Å². The van der Waals surface area contributed by atoms with Gasteiger partial charge in [0.1, 0.15) is 133 Å². The van der Waals surface area contributed by atoms with Crippen LogP contribution in [0.15, 0.2) is 70.9 Å². The maximum absolute atomic E-state index is 14.3. The molecule has 0 spiro atoms. The van der Waals surface area contributed by atoms with Crippen LogP contribution in [0.4, 0.5) is 23.3 Å². The fraction of sp³-hybridized carbons (Fsp3) is 0.510. The fourth-order valence-electron chi connectivity index (χ4n) is 12.1. The fourth-order valence-corrected chi connectivity index (χ4v) is 16.2. The van der Waals surface area contributed by atoms with Crippen molar-refractivity contribution in [2.45, 2.75) is 124 Å². The van der Waals surface area contributed by atoms with Crippen LogP contribution >= 0.6 is 47.2 Å². The molecule has 4 unspecified atom stereocenters. The summed E-state index contributed by atoms with van der Waals surface area (Å²) in [5.74, 6) is 0.145. The number of anilines is 4. The third-order valence-corrected chi connectivity index (χ3v) is 21.4. The minimum Gasteiger partial charge on any atom is -0.394 e. The van der Waals surface area contributed by atoms with Crippen LogP contribution in [0.3, 0.4) is 0 Å². The molecule has 9 aromatic heterocycles. The van der Waals surface area contributed by atoms with Gasteiger partial charge in [0, 0.05) is 38.3 Å². The minimum absolute atomic E-state index is 0.00804. The second-order valence-electron chi connectivity index (χ2n) is 23.2. The summed E-state index contributed by atoms with van der Waals surface area (Å²) in [6.07, 6.45) is -10.5. The van der Waals surface area contributed by atoms with Gasteiger partial charge < -0.3 is 76.4 Å². The minimum atomic E-state index is -5.48. The van der Waals surface area contributed by atoms with Crippen molar-refractivity contribution < 1.29 is 108 Å². The lowest BCUT2D eigenvalue weighted by molar-refractivity contribution is -0.0639. The molecule has 0 saturated carbocycles. The molecule has 47 nitrogen and oxygen atoms in total. The van der Waals surface area contributed by atoms with Gasteiger partial charge in [-0.3, -0.25) is 68.8 Å². The first-order valence-electron chi connectivity index (χ1n) is 30.1. The van der Waals surface area contributed by atoms with Gasteiger partial charge in [0.15, 0.2) is 45.9 Å². The van der Waals surface area contributed by atoms with Gasteiger partial charge in [0.2, 0.25) is 0 Å². The highest BCUT2D eigenvalue weighted by Gasteiger charge is 2.50. The molecular formula is C49H59BrN22O25P4. The smallest absolute Gasteiger partial charge is 0.394 e. The van der Waals surface area contributed by atoms with E-state index in [1.807, 2.05) is 0 Å². The summed E-state index contributed by atoms with van der Waals surface area (Å²) < 4.78 is 137. The van der Waals surface area contributed by atoms with Crippen LogP contribution in [0.25, 0.3) is 44.7 Å². The van der Waals surface area contributed by atoms with Crippen LogP contribution in [0.1, 0.15) is 63.2 Å². The van der Waals surface area contributed by atoms with E-state index in [2.05, 4.69) is 80.7 Å². The number of hydrogen-bond acceptors (Lipinski definition) is 37. The van der Waals surface area contributed by atoms with E-state index in [1.54, 1.807) is 0 Å². The Bertz CT molecular complexity index is 4920. The molecular weight excluding hydrogens is 1500 g/mol. The van der Waals surface area contributed by atoms with Crippen molar-refractivity contribution in [2.75, 3.05) is 56.0 Å². The Hall–Kier alpha value is -7.28. The molecule has 19 atom stereocenters. The van der Waals surface area contributed by atoms with Gasteiger partial charge in [-0.2, -0.15) is 0 Å². The molecule has 101 heavy (non-hydrogen) atoms. The summed E-state index contributed by atoms with van der Waals surface area (Å²) >= 11 is 3.05. The number of fused-ring (bicyclic) bond motifs is 4. The van der Waals surface area contributed by atoms with Crippen molar-refractivity contribution in [3.8, 4) is 0 Å². The van der Waals surface area contributed by atoms with Crippen molar-refractivity contribution >= 4 is 115 Å². The van der Waals surface area contributed by atoms with Gasteiger partial charge >= 0.3 is 37.0 Å². The van der Waals surface area contributed by atoms with E-state index in [-0.39, 0.29) is 92.4 Å². The van der Waals surface area contributed by atoms with E-state index >= 15 is 0 Å². The third-order valence-electron chi connectivity index (χ3n) is 16.8.